The first-order valence-corrected chi connectivity index (χ1v) is 3.14. The molecule has 0 radical (unpaired) electrons. The zero-order chi connectivity index (χ0) is 5.98. The van der Waals surface area contributed by atoms with Gasteiger partial charge in [-0.1, -0.05) is 6.92 Å². The monoisotopic (exact) mass is 117 g/mol. The summed E-state index contributed by atoms with van der Waals surface area (Å²) in [6.07, 6.45) is 1.24. The quantitative estimate of drug-likeness (QED) is 0.580. The van der Waals surface area contributed by atoms with Crippen LogP contribution in [0.4, 0.5) is 4.39 Å². The second-order valence-corrected chi connectivity index (χ2v) is 2.46. The maximum Gasteiger partial charge on any atom is 0.102 e. The van der Waals surface area contributed by atoms with Gasteiger partial charge in [0.05, 0.1) is 0 Å². The van der Waals surface area contributed by atoms with Crippen LogP contribution in [0.15, 0.2) is 0 Å². The van der Waals surface area contributed by atoms with Crippen LogP contribution in [0, 0.1) is 5.92 Å². The van der Waals surface area contributed by atoms with Crippen LogP contribution in [-0.4, -0.2) is 19.3 Å². The molecule has 0 amide bonds. The number of nitrogens with one attached hydrogen (secondary N) is 1. The standard InChI is InChI=1S/C6H12FN/c1-5-4-6(5)8-3-2-7/h5-6,8H,2-4H2,1H3/t5?,6-/m0/s1. The molecule has 0 saturated heterocycles. The van der Waals surface area contributed by atoms with E-state index in [2.05, 4.69) is 12.2 Å². The Kier molecular flexibility index (Phi) is 1.84. The van der Waals surface area contributed by atoms with Crippen LogP contribution in [0.2, 0.25) is 0 Å². The number of alkyl halides is 1. The highest BCUT2D eigenvalue weighted by Crippen LogP contribution is 2.28. The summed E-state index contributed by atoms with van der Waals surface area (Å²) in [4.78, 5) is 0. The Bertz CT molecular complexity index is 74.9. The molecule has 1 saturated carbocycles. The third-order valence-electron chi connectivity index (χ3n) is 1.61. The Morgan fingerprint density at radius 2 is 2.38 bits per heavy atom. The average molecular weight is 117 g/mol. The first-order valence-electron chi connectivity index (χ1n) is 3.14. The summed E-state index contributed by atoms with van der Waals surface area (Å²) in [6.45, 7) is 2.48. The van der Waals surface area contributed by atoms with E-state index in [4.69, 9.17) is 0 Å². The molecule has 2 atom stereocenters. The molecule has 1 unspecified atom stereocenters. The third-order valence-corrected chi connectivity index (χ3v) is 1.61. The molecule has 1 N–H and O–H groups in total. The molecule has 1 rings (SSSR count). The van der Waals surface area contributed by atoms with E-state index < -0.39 is 0 Å². The average Bonchev–Trinajstić information content (AvgIpc) is 2.42. The largest absolute Gasteiger partial charge is 0.311 e. The van der Waals surface area contributed by atoms with Gasteiger partial charge in [-0.2, -0.15) is 0 Å². The molecule has 0 bridgehead atoms. The maximum absolute atomic E-state index is 11.4. The molecule has 1 aliphatic carbocycles. The Morgan fingerprint density at radius 3 is 2.75 bits per heavy atom. The predicted octanol–water partition coefficient (Wildman–Crippen LogP) is 0.954. The van der Waals surface area contributed by atoms with Gasteiger partial charge in [0.15, 0.2) is 0 Å². The fourth-order valence-electron chi connectivity index (χ4n) is 0.846. The molecular formula is C6H12FN. The van der Waals surface area contributed by atoms with E-state index in [1.165, 1.54) is 6.42 Å². The van der Waals surface area contributed by atoms with Crippen LogP contribution in [0.3, 0.4) is 0 Å². The molecule has 1 fully saturated rings. The van der Waals surface area contributed by atoms with Crippen molar-refractivity contribution in [3.05, 3.63) is 0 Å². The molecule has 2 heteroatoms. The Morgan fingerprint density at radius 1 is 1.75 bits per heavy atom. The highest BCUT2D eigenvalue weighted by atomic mass is 19.1. The van der Waals surface area contributed by atoms with Crippen LogP contribution in [0.5, 0.6) is 0 Å². The minimum atomic E-state index is -0.233. The predicted molar refractivity (Wildman–Crippen MR) is 31.5 cm³/mol. The van der Waals surface area contributed by atoms with E-state index in [1.54, 1.807) is 0 Å². The number of rotatable bonds is 3. The molecule has 0 aromatic carbocycles. The van der Waals surface area contributed by atoms with Gasteiger partial charge in [-0.25, -0.2) is 4.39 Å². The number of hydrogen-bond donors (Lipinski definition) is 1. The molecule has 0 heterocycles. The summed E-state index contributed by atoms with van der Waals surface area (Å²) < 4.78 is 11.4. The Balaban J connectivity index is 1.89. The van der Waals surface area contributed by atoms with Crippen molar-refractivity contribution in [2.75, 3.05) is 13.2 Å². The topological polar surface area (TPSA) is 12.0 Å². The summed E-state index contributed by atoms with van der Waals surface area (Å²) in [6, 6.07) is 0.630. The summed E-state index contributed by atoms with van der Waals surface area (Å²) >= 11 is 0. The minimum absolute atomic E-state index is 0.233. The van der Waals surface area contributed by atoms with Crippen molar-refractivity contribution in [3.63, 3.8) is 0 Å². The zero-order valence-corrected chi connectivity index (χ0v) is 5.15. The van der Waals surface area contributed by atoms with Gasteiger partial charge in [-0.05, 0) is 12.3 Å². The fourth-order valence-corrected chi connectivity index (χ4v) is 0.846. The first kappa shape index (κ1) is 6.02. The van der Waals surface area contributed by atoms with Crippen molar-refractivity contribution < 1.29 is 4.39 Å². The van der Waals surface area contributed by atoms with Gasteiger partial charge in [0.1, 0.15) is 6.67 Å². The van der Waals surface area contributed by atoms with E-state index in [0.717, 1.165) is 5.92 Å². The minimum Gasteiger partial charge on any atom is -0.311 e. The number of halogens is 1. The van der Waals surface area contributed by atoms with Gasteiger partial charge in [-0.15, -0.1) is 0 Å². The van der Waals surface area contributed by atoms with E-state index in [1.807, 2.05) is 0 Å². The highest BCUT2D eigenvalue weighted by Gasteiger charge is 2.31. The van der Waals surface area contributed by atoms with Gasteiger partial charge in [0, 0.05) is 12.6 Å². The molecule has 0 aromatic rings. The van der Waals surface area contributed by atoms with Crippen LogP contribution in [-0.2, 0) is 0 Å². The van der Waals surface area contributed by atoms with Crippen molar-refractivity contribution in [2.45, 2.75) is 19.4 Å². The van der Waals surface area contributed by atoms with Crippen LogP contribution >= 0.6 is 0 Å². The second-order valence-electron chi connectivity index (χ2n) is 2.46. The third kappa shape index (κ3) is 1.44. The number of hydrogen-bond acceptors (Lipinski definition) is 1. The fraction of sp³-hybridized carbons (Fsp3) is 1.00. The summed E-state index contributed by atoms with van der Waals surface area (Å²) in [5, 5.41) is 3.08. The van der Waals surface area contributed by atoms with Crippen molar-refractivity contribution in [2.24, 2.45) is 5.92 Å². The van der Waals surface area contributed by atoms with Crippen molar-refractivity contribution in [1.29, 1.82) is 0 Å². The smallest absolute Gasteiger partial charge is 0.102 e. The van der Waals surface area contributed by atoms with Crippen LogP contribution < -0.4 is 5.32 Å². The van der Waals surface area contributed by atoms with E-state index in [-0.39, 0.29) is 6.67 Å². The molecule has 1 nitrogen and oxygen atoms in total. The lowest BCUT2D eigenvalue weighted by molar-refractivity contribution is 0.462. The van der Waals surface area contributed by atoms with E-state index in [9.17, 15) is 4.39 Å². The molecule has 0 aromatic heterocycles. The van der Waals surface area contributed by atoms with Gasteiger partial charge < -0.3 is 5.32 Å². The normalized spacial score (nSPS) is 35.2. The van der Waals surface area contributed by atoms with Gasteiger partial charge in [0.25, 0.3) is 0 Å². The lowest BCUT2D eigenvalue weighted by Gasteiger charge is -1.94. The lowest BCUT2D eigenvalue weighted by Crippen LogP contribution is -2.20. The lowest BCUT2D eigenvalue weighted by atomic mass is 10.5. The van der Waals surface area contributed by atoms with Crippen molar-refractivity contribution in [1.82, 2.24) is 5.32 Å². The van der Waals surface area contributed by atoms with Gasteiger partial charge in [0.2, 0.25) is 0 Å². The van der Waals surface area contributed by atoms with E-state index in [0.29, 0.717) is 12.6 Å². The summed E-state index contributed by atoms with van der Waals surface area (Å²) in [7, 11) is 0. The molecule has 8 heavy (non-hydrogen) atoms. The summed E-state index contributed by atoms with van der Waals surface area (Å²) in [5.74, 6) is 0.793. The maximum atomic E-state index is 11.4. The molecular weight excluding hydrogens is 105 g/mol. The second kappa shape index (κ2) is 2.44. The van der Waals surface area contributed by atoms with Crippen molar-refractivity contribution in [3.8, 4) is 0 Å². The van der Waals surface area contributed by atoms with Crippen molar-refractivity contribution >= 4 is 0 Å². The van der Waals surface area contributed by atoms with Crippen LogP contribution in [0.25, 0.3) is 0 Å². The molecule has 0 spiro atoms. The summed E-state index contributed by atoms with van der Waals surface area (Å²) in [5.41, 5.74) is 0. The molecule has 48 valence electrons. The van der Waals surface area contributed by atoms with Crippen LogP contribution in [0.1, 0.15) is 13.3 Å². The first-order chi connectivity index (χ1) is 3.84. The Hall–Kier alpha value is -0.110. The SMILES string of the molecule is CC1C[C@@H]1NCCF. The Labute approximate surface area is 49.3 Å². The highest BCUT2D eigenvalue weighted by molar-refractivity contribution is 4.89. The van der Waals surface area contributed by atoms with Gasteiger partial charge >= 0.3 is 0 Å². The molecule has 0 aliphatic heterocycles. The van der Waals surface area contributed by atoms with E-state index >= 15 is 0 Å². The molecule has 1 aliphatic rings. The zero-order valence-electron chi connectivity index (χ0n) is 5.15. The van der Waals surface area contributed by atoms with Gasteiger partial charge in [-0.3, -0.25) is 0 Å².